The van der Waals surface area contributed by atoms with E-state index in [4.69, 9.17) is 9.84 Å². The lowest BCUT2D eigenvalue weighted by Crippen LogP contribution is -2.62. The van der Waals surface area contributed by atoms with Crippen molar-refractivity contribution in [2.45, 2.75) is 45.4 Å². The number of ether oxygens (including phenoxy) is 1. The van der Waals surface area contributed by atoms with E-state index in [2.05, 4.69) is 5.32 Å². The summed E-state index contributed by atoms with van der Waals surface area (Å²) in [5.74, 6) is 0. The average Bonchev–Trinajstić information content (AvgIpc) is 2.06. The highest BCUT2D eigenvalue weighted by Crippen LogP contribution is 2.15. The summed E-state index contributed by atoms with van der Waals surface area (Å²) in [6, 6.07) is 0.348. The molecule has 0 saturated carbocycles. The van der Waals surface area contributed by atoms with Crippen LogP contribution < -0.4 is 5.32 Å². The number of aliphatic hydroxyl groups is 1. The van der Waals surface area contributed by atoms with E-state index in [9.17, 15) is 4.79 Å². The van der Waals surface area contributed by atoms with Crippen molar-refractivity contribution in [1.82, 2.24) is 10.2 Å². The second kappa shape index (κ2) is 5.01. The molecule has 0 aromatic carbocycles. The largest absolute Gasteiger partial charge is 0.444 e. The van der Waals surface area contributed by atoms with Gasteiger partial charge in [0, 0.05) is 25.2 Å². The summed E-state index contributed by atoms with van der Waals surface area (Å²) in [5, 5.41) is 12.1. The maximum atomic E-state index is 11.6. The van der Waals surface area contributed by atoms with Crippen LogP contribution in [0.1, 0.15) is 27.7 Å². The van der Waals surface area contributed by atoms with E-state index in [1.54, 1.807) is 4.90 Å². The lowest BCUT2D eigenvalue weighted by molar-refractivity contribution is 0.00368. The number of likely N-dealkylation sites (tertiary alicyclic amines) is 1. The van der Waals surface area contributed by atoms with Crippen molar-refractivity contribution in [2.24, 2.45) is 0 Å². The van der Waals surface area contributed by atoms with E-state index in [0.29, 0.717) is 13.1 Å². The third-order valence-corrected chi connectivity index (χ3v) is 2.33. The minimum atomic E-state index is -0.437. The molecule has 5 nitrogen and oxygen atoms in total. The van der Waals surface area contributed by atoms with Gasteiger partial charge in [0.1, 0.15) is 5.60 Å². The molecule has 1 atom stereocenters. The van der Waals surface area contributed by atoms with Gasteiger partial charge in [0.2, 0.25) is 0 Å². The maximum absolute atomic E-state index is 11.6. The molecule has 16 heavy (non-hydrogen) atoms. The Labute approximate surface area is 96.8 Å². The first-order chi connectivity index (χ1) is 7.31. The first-order valence-electron chi connectivity index (χ1n) is 5.66. The number of aliphatic hydroxyl groups excluding tert-OH is 1. The van der Waals surface area contributed by atoms with Crippen LogP contribution in [0.2, 0.25) is 0 Å². The van der Waals surface area contributed by atoms with Crippen molar-refractivity contribution < 1.29 is 14.6 Å². The second-order valence-corrected chi connectivity index (χ2v) is 5.33. The van der Waals surface area contributed by atoms with Crippen LogP contribution in [0.15, 0.2) is 0 Å². The summed E-state index contributed by atoms with van der Waals surface area (Å²) in [6.07, 6.45) is -0.262. The number of rotatable bonds is 3. The lowest BCUT2D eigenvalue weighted by Gasteiger charge is -2.41. The zero-order valence-corrected chi connectivity index (χ0v) is 10.5. The Hall–Kier alpha value is -0.810. The Bertz CT molecular complexity index is 244. The number of nitrogens with zero attached hydrogens (tertiary/aromatic N) is 1. The summed E-state index contributed by atoms with van der Waals surface area (Å²) in [5.41, 5.74) is -0.437. The molecule has 0 aliphatic carbocycles. The first-order valence-corrected chi connectivity index (χ1v) is 5.66. The molecule has 1 heterocycles. The molecule has 0 aromatic heterocycles. The first kappa shape index (κ1) is 13.3. The van der Waals surface area contributed by atoms with Gasteiger partial charge in [-0.25, -0.2) is 4.79 Å². The Balaban J connectivity index is 2.23. The maximum Gasteiger partial charge on any atom is 0.410 e. The van der Waals surface area contributed by atoms with Crippen molar-refractivity contribution in [3.63, 3.8) is 0 Å². The van der Waals surface area contributed by atoms with Gasteiger partial charge in [0.15, 0.2) is 0 Å². The Morgan fingerprint density at radius 1 is 1.56 bits per heavy atom. The molecule has 0 bridgehead atoms. The Morgan fingerprint density at radius 3 is 2.56 bits per heavy atom. The molecule has 5 heteroatoms. The Morgan fingerprint density at radius 2 is 2.12 bits per heavy atom. The molecule has 1 amide bonds. The van der Waals surface area contributed by atoms with E-state index in [0.717, 1.165) is 0 Å². The lowest BCUT2D eigenvalue weighted by atomic mass is 10.1. The predicted molar refractivity (Wildman–Crippen MR) is 61.3 cm³/mol. The fraction of sp³-hybridized carbons (Fsp3) is 0.909. The van der Waals surface area contributed by atoms with Gasteiger partial charge in [-0.05, 0) is 27.7 Å². The number of hydrogen-bond donors (Lipinski definition) is 2. The molecule has 0 spiro atoms. The van der Waals surface area contributed by atoms with Crippen LogP contribution >= 0.6 is 0 Å². The number of nitrogens with one attached hydrogen (secondary N) is 1. The fourth-order valence-electron chi connectivity index (χ4n) is 1.51. The van der Waals surface area contributed by atoms with Crippen molar-refractivity contribution in [1.29, 1.82) is 0 Å². The standard InChI is InChI=1S/C11H22N2O3/c1-8(7-14)12-9-5-13(6-9)10(15)16-11(2,3)4/h8-9,12,14H,5-7H2,1-4H3/t8-/m1/s1. The average molecular weight is 230 g/mol. The third-order valence-electron chi connectivity index (χ3n) is 2.33. The van der Waals surface area contributed by atoms with Gasteiger partial charge in [-0.3, -0.25) is 0 Å². The molecule has 1 aliphatic heterocycles. The molecule has 94 valence electrons. The molecule has 1 fully saturated rings. The SMILES string of the molecule is C[C@H](CO)NC1CN(C(=O)OC(C)(C)C)C1. The summed E-state index contributed by atoms with van der Waals surface area (Å²) in [4.78, 5) is 13.2. The molecule has 0 radical (unpaired) electrons. The van der Waals surface area contributed by atoms with E-state index in [-0.39, 0.29) is 24.8 Å². The summed E-state index contributed by atoms with van der Waals surface area (Å²) in [7, 11) is 0. The van der Waals surface area contributed by atoms with E-state index in [1.165, 1.54) is 0 Å². The van der Waals surface area contributed by atoms with Gasteiger partial charge >= 0.3 is 6.09 Å². The molecule has 2 N–H and O–H groups in total. The topological polar surface area (TPSA) is 61.8 Å². The monoisotopic (exact) mass is 230 g/mol. The van der Waals surface area contributed by atoms with Crippen molar-refractivity contribution in [3.05, 3.63) is 0 Å². The number of amides is 1. The van der Waals surface area contributed by atoms with Crippen molar-refractivity contribution in [3.8, 4) is 0 Å². The predicted octanol–water partition coefficient (Wildman–Crippen LogP) is 0.576. The summed E-state index contributed by atoms with van der Waals surface area (Å²) in [6.45, 7) is 8.90. The summed E-state index contributed by atoms with van der Waals surface area (Å²) < 4.78 is 5.23. The van der Waals surface area contributed by atoms with Gasteiger partial charge < -0.3 is 20.1 Å². The third kappa shape index (κ3) is 3.98. The molecule has 1 rings (SSSR count). The van der Waals surface area contributed by atoms with Gasteiger partial charge in [0.05, 0.1) is 6.61 Å². The van der Waals surface area contributed by atoms with Gasteiger partial charge in [-0.1, -0.05) is 0 Å². The molecular formula is C11H22N2O3. The van der Waals surface area contributed by atoms with Crippen LogP contribution in [0.5, 0.6) is 0 Å². The van der Waals surface area contributed by atoms with Crippen molar-refractivity contribution >= 4 is 6.09 Å². The zero-order chi connectivity index (χ0) is 12.3. The smallest absolute Gasteiger partial charge is 0.410 e. The molecule has 0 aromatic rings. The Kier molecular flexibility index (Phi) is 4.15. The highest BCUT2D eigenvalue weighted by molar-refractivity contribution is 5.69. The number of carbonyl (C=O) groups is 1. The molecule has 0 unspecified atom stereocenters. The van der Waals surface area contributed by atoms with Crippen LogP contribution in [0.3, 0.4) is 0 Å². The van der Waals surface area contributed by atoms with Crippen LogP contribution in [-0.4, -0.2) is 53.5 Å². The van der Waals surface area contributed by atoms with E-state index < -0.39 is 5.60 Å². The van der Waals surface area contributed by atoms with Gasteiger partial charge in [-0.15, -0.1) is 0 Å². The van der Waals surface area contributed by atoms with E-state index >= 15 is 0 Å². The number of hydrogen-bond acceptors (Lipinski definition) is 4. The molecular weight excluding hydrogens is 208 g/mol. The van der Waals surface area contributed by atoms with Gasteiger partial charge in [-0.2, -0.15) is 0 Å². The van der Waals surface area contributed by atoms with Crippen molar-refractivity contribution in [2.75, 3.05) is 19.7 Å². The van der Waals surface area contributed by atoms with Gasteiger partial charge in [0.25, 0.3) is 0 Å². The normalized spacial score (nSPS) is 19.2. The van der Waals surface area contributed by atoms with Crippen LogP contribution in [0.25, 0.3) is 0 Å². The minimum absolute atomic E-state index is 0.0748. The highest BCUT2D eigenvalue weighted by Gasteiger charge is 2.33. The fourth-order valence-corrected chi connectivity index (χ4v) is 1.51. The number of carbonyl (C=O) groups excluding carboxylic acids is 1. The van der Waals surface area contributed by atoms with Crippen LogP contribution in [-0.2, 0) is 4.74 Å². The second-order valence-electron chi connectivity index (χ2n) is 5.33. The minimum Gasteiger partial charge on any atom is -0.444 e. The molecule has 1 saturated heterocycles. The molecule has 1 aliphatic rings. The van der Waals surface area contributed by atoms with Crippen LogP contribution in [0.4, 0.5) is 4.79 Å². The van der Waals surface area contributed by atoms with Crippen LogP contribution in [0, 0.1) is 0 Å². The summed E-state index contributed by atoms with van der Waals surface area (Å²) >= 11 is 0. The highest BCUT2D eigenvalue weighted by atomic mass is 16.6. The van der Waals surface area contributed by atoms with E-state index in [1.807, 2.05) is 27.7 Å². The quantitative estimate of drug-likeness (QED) is 0.744. The zero-order valence-electron chi connectivity index (χ0n) is 10.5.